The van der Waals surface area contributed by atoms with Gasteiger partial charge in [-0.25, -0.2) is 4.98 Å². The smallest absolute Gasteiger partial charge is 0.282 e. The average Bonchev–Trinajstić information content (AvgIpc) is 2.76. The van der Waals surface area contributed by atoms with Crippen molar-refractivity contribution in [3.05, 3.63) is 88.2 Å². The summed E-state index contributed by atoms with van der Waals surface area (Å²) in [5.74, 6) is 0.889. The lowest BCUT2D eigenvalue weighted by atomic mass is 10.1. The molecule has 1 heterocycles. The summed E-state index contributed by atoms with van der Waals surface area (Å²) in [7, 11) is 0. The summed E-state index contributed by atoms with van der Waals surface area (Å²) in [5.41, 5.74) is 2.88. The first kappa shape index (κ1) is 19.4. The highest BCUT2D eigenvalue weighted by Crippen LogP contribution is 2.26. The van der Waals surface area contributed by atoms with Crippen molar-refractivity contribution in [2.45, 2.75) is 13.8 Å². The van der Waals surface area contributed by atoms with E-state index >= 15 is 0 Å². The zero-order chi connectivity index (χ0) is 21.1. The number of rotatable bonds is 5. The second-order valence-corrected chi connectivity index (χ2v) is 6.79. The molecule has 0 bridgehead atoms. The van der Waals surface area contributed by atoms with Gasteiger partial charge in [0.15, 0.2) is 17.3 Å². The van der Waals surface area contributed by atoms with Crippen molar-refractivity contribution < 1.29 is 9.84 Å². The number of hydrogen-bond acceptors (Lipinski definition) is 5. The molecule has 0 atom stereocenters. The predicted octanol–water partition coefficient (Wildman–Crippen LogP) is 4.36. The van der Waals surface area contributed by atoms with Crippen molar-refractivity contribution in [1.29, 1.82) is 0 Å². The number of hydrogen-bond donors (Lipinski definition) is 1. The molecule has 150 valence electrons. The van der Waals surface area contributed by atoms with E-state index in [1.54, 1.807) is 30.5 Å². The molecule has 30 heavy (non-hydrogen) atoms. The Hall–Kier alpha value is -3.93. The van der Waals surface area contributed by atoms with Crippen LogP contribution in [0.15, 0.2) is 76.6 Å². The number of aryl methyl sites for hydroxylation is 1. The maximum Gasteiger partial charge on any atom is 0.282 e. The van der Waals surface area contributed by atoms with Gasteiger partial charge in [-0.2, -0.15) is 9.78 Å². The first-order valence-electron chi connectivity index (χ1n) is 9.66. The topological polar surface area (TPSA) is 76.7 Å². The molecule has 0 unspecified atom stereocenters. The van der Waals surface area contributed by atoms with E-state index in [1.807, 2.05) is 50.2 Å². The second-order valence-electron chi connectivity index (χ2n) is 6.79. The van der Waals surface area contributed by atoms with Crippen LogP contribution in [0.3, 0.4) is 0 Å². The molecule has 3 aromatic carbocycles. The van der Waals surface area contributed by atoms with Gasteiger partial charge in [-0.3, -0.25) is 4.79 Å². The average molecular weight is 399 g/mol. The van der Waals surface area contributed by atoms with Crippen molar-refractivity contribution >= 4 is 17.1 Å². The molecule has 0 spiro atoms. The number of para-hydroxylation sites is 1. The zero-order valence-corrected chi connectivity index (χ0v) is 16.7. The molecule has 6 nitrogen and oxygen atoms in total. The Kier molecular flexibility index (Phi) is 5.30. The Labute approximate surface area is 173 Å². The largest absolute Gasteiger partial charge is 0.504 e. The van der Waals surface area contributed by atoms with Crippen molar-refractivity contribution in [3.8, 4) is 22.9 Å². The molecule has 4 aromatic rings. The maximum absolute atomic E-state index is 13.2. The molecule has 0 aliphatic rings. The van der Waals surface area contributed by atoms with E-state index < -0.39 is 0 Å². The van der Waals surface area contributed by atoms with Gasteiger partial charge in [-0.15, -0.1) is 0 Å². The van der Waals surface area contributed by atoms with E-state index in [-0.39, 0.29) is 11.3 Å². The minimum Gasteiger partial charge on any atom is -0.504 e. The lowest BCUT2D eigenvalue weighted by molar-refractivity contribution is 0.318. The fourth-order valence-corrected chi connectivity index (χ4v) is 3.24. The SMILES string of the molecule is CCOc1cc(/C=N/n2c(-c3ccccc3C)nc3ccccc3c2=O)ccc1O. The number of aromatic hydroxyl groups is 1. The molecule has 0 aliphatic carbocycles. The standard InChI is InChI=1S/C24H21N3O3/c1-3-30-22-14-17(12-13-21(22)28)15-25-27-23(18-9-5-4-8-16(18)2)26-20-11-7-6-10-19(20)24(27)29/h4-15,28H,3H2,1-2H3/b25-15+. The highest BCUT2D eigenvalue weighted by Gasteiger charge is 2.14. The van der Waals surface area contributed by atoms with Crippen LogP contribution in [0.4, 0.5) is 0 Å². The molecule has 0 amide bonds. The number of fused-ring (bicyclic) bond motifs is 1. The Bertz CT molecular complexity index is 1310. The fraction of sp³-hybridized carbons (Fsp3) is 0.125. The molecule has 0 aliphatic heterocycles. The van der Waals surface area contributed by atoms with Gasteiger partial charge in [-0.05, 0) is 55.3 Å². The third kappa shape index (κ3) is 3.67. The fourth-order valence-electron chi connectivity index (χ4n) is 3.24. The molecule has 0 fully saturated rings. The van der Waals surface area contributed by atoms with Crippen molar-refractivity contribution in [2.24, 2.45) is 5.10 Å². The van der Waals surface area contributed by atoms with Gasteiger partial charge in [0.2, 0.25) is 0 Å². The highest BCUT2D eigenvalue weighted by molar-refractivity contribution is 5.83. The molecule has 0 saturated carbocycles. The monoisotopic (exact) mass is 399 g/mol. The normalized spacial score (nSPS) is 11.3. The highest BCUT2D eigenvalue weighted by atomic mass is 16.5. The summed E-state index contributed by atoms with van der Waals surface area (Å²) < 4.78 is 6.74. The van der Waals surface area contributed by atoms with Crippen LogP contribution in [-0.2, 0) is 0 Å². The van der Waals surface area contributed by atoms with E-state index in [0.29, 0.717) is 34.6 Å². The van der Waals surface area contributed by atoms with Crippen LogP contribution in [0.25, 0.3) is 22.3 Å². The molecule has 0 saturated heterocycles. The van der Waals surface area contributed by atoms with Crippen molar-refractivity contribution in [3.63, 3.8) is 0 Å². The summed E-state index contributed by atoms with van der Waals surface area (Å²) in [6.45, 7) is 4.24. The third-order valence-electron chi connectivity index (χ3n) is 4.75. The lowest BCUT2D eigenvalue weighted by Crippen LogP contribution is -2.20. The second kappa shape index (κ2) is 8.21. The van der Waals surface area contributed by atoms with E-state index in [2.05, 4.69) is 5.10 Å². The zero-order valence-electron chi connectivity index (χ0n) is 16.7. The maximum atomic E-state index is 13.2. The van der Waals surface area contributed by atoms with Crippen LogP contribution in [0, 0.1) is 6.92 Å². The van der Waals surface area contributed by atoms with E-state index in [0.717, 1.165) is 11.1 Å². The number of aromatic nitrogens is 2. The Morgan fingerprint density at radius 2 is 1.87 bits per heavy atom. The van der Waals surface area contributed by atoms with Gasteiger partial charge in [0.25, 0.3) is 5.56 Å². The summed E-state index contributed by atoms with van der Waals surface area (Å²) in [5, 5.41) is 14.8. The van der Waals surface area contributed by atoms with Crippen molar-refractivity contribution in [1.82, 2.24) is 9.66 Å². The number of phenols is 1. The van der Waals surface area contributed by atoms with E-state index in [4.69, 9.17) is 9.72 Å². The molecule has 6 heteroatoms. The van der Waals surface area contributed by atoms with Crippen LogP contribution in [0.5, 0.6) is 11.5 Å². The first-order chi connectivity index (χ1) is 14.6. The number of phenolic OH excluding ortho intramolecular Hbond substituents is 1. The summed E-state index contributed by atoms with van der Waals surface area (Å²) in [6.07, 6.45) is 1.56. The van der Waals surface area contributed by atoms with Gasteiger partial charge in [0, 0.05) is 5.56 Å². The molecule has 1 aromatic heterocycles. The Morgan fingerprint density at radius 3 is 2.67 bits per heavy atom. The van der Waals surface area contributed by atoms with Crippen LogP contribution >= 0.6 is 0 Å². The number of nitrogens with zero attached hydrogens (tertiary/aromatic N) is 3. The van der Waals surface area contributed by atoms with Gasteiger partial charge in [0.1, 0.15) is 0 Å². The minimum absolute atomic E-state index is 0.0548. The Morgan fingerprint density at radius 1 is 1.10 bits per heavy atom. The summed E-state index contributed by atoms with van der Waals surface area (Å²) >= 11 is 0. The molecular formula is C24H21N3O3. The minimum atomic E-state index is -0.251. The van der Waals surface area contributed by atoms with Crippen LogP contribution in [-0.4, -0.2) is 27.6 Å². The lowest BCUT2D eigenvalue weighted by Gasteiger charge is -2.11. The van der Waals surface area contributed by atoms with Gasteiger partial charge < -0.3 is 9.84 Å². The summed E-state index contributed by atoms with van der Waals surface area (Å²) in [4.78, 5) is 17.9. The number of ether oxygens (including phenoxy) is 1. The van der Waals surface area contributed by atoms with E-state index in [1.165, 1.54) is 10.7 Å². The first-order valence-corrected chi connectivity index (χ1v) is 9.66. The van der Waals surface area contributed by atoms with Gasteiger partial charge in [-0.1, -0.05) is 36.4 Å². The Balaban J connectivity index is 1.89. The molecule has 1 N–H and O–H groups in total. The van der Waals surface area contributed by atoms with Crippen LogP contribution in [0.1, 0.15) is 18.1 Å². The van der Waals surface area contributed by atoms with Gasteiger partial charge in [0.05, 0.1) is 23.7 Å². The van der Waals surface area contributed by atoms with Gasteiger partial charge >= 0.3 is 0 Å². The number of benzene rings is 3. The third-order valence-corrected chi connectivity index (χ3v) is 4.75. The predicted molar refractivity (Wildman–Crippen MR) is 118 cm³/mol. The molecule has 0 radical (unpaired) electrons. The van der Waals surface area contributed by atoms with Crippen LogP contribution in [0.2, 0.25) is 0 Å². The van der Waals surface area contributed by atoms with Crippen molar-refractivity contribution in [2.75, 3.05) is 6.61 Å². The quantitative estimate of drug-likeness (QED) is 0.506. The van der Waals surface area contributed by atoms with Crippen LogP contribution < -0.4 is 10.3 Å². The van der Waals surface area contributed by atoms with E-state index in [9.17, 15) is 9.90 Å². The molecule has 4 rings (SSSR count). The summed E-state index contributed by atoms with van der Waals surface area (Å²) in [6, 6.07) is 19.9. The molecular weight excluding hydrogens is 378 g/mol.